The minimum absolute atomic E-state index is 0.129. The van der Waals surface area contributed by atoms with Gasteiger partial charge in [-0.1, -0.05) is 23.5 Å². The van der Waals surface area contributed by atoms with Crippen molar-refractivity contribution in [3.05, 3.63) is 47.8 Å². The average molecular weight is 369 g/mol. The number of benzene rings is 1. The van der Waals surface area contributed by atoms with Gasteiger partial charge in [0.1, 0.15) is 0 Å². The van der Waals surface area contributed by atoms with Crippen molar-refractivity contribution in [2.45, 2.75) is 19.9 Å². The van der Waals surface area contributed by atoms with Crippen molar-refractivity contribution in [3.8, 4) is 0 Å². The zero-order valence-corrected chi connectivity index (χ0v) is 16.1. The molecule has 3 aromatic rings. The summed E-state index contributed by atoms with van der Waals surface area (Å²) >= 11 is 1.78. The third-order valence-corrected chi connectivity index (χ3v) is 6.14. The number of thiazole rings is 1. The van der Waals surface area contributed by atoms with Crippen molar-refractivity contribution in [1.29, 1.82) is 0 Å². The molecule has 1 aliphatic heterocycles. The first kappa shape index (κ1) is 17.2. The molecule has 136 valence electrons. The van der Waals surface area contributed by atoms with Crippen LogP contribution >= 0.6 is 11.3 Å². The van der Waals surface area contributed by atoms with Crippen LogP contribution in [0, 0.1) is 0 Å². The summed E-state index contributed by atoms with van der Waals surface area (Å²) in [6.45, 7) is 6.63. The number of nitrogens with zero attached hydrogens (tertiary/aromatic N) is 4. The monoisotopic (exact) mass is 368 g/mol. The molecular formula is C20H24N4OS. The van der Waals surface area contributed by atoms with Crippen molar-refractivity contribution in [2.24, 2.45) is 7.05 Å². The quantitative estimate of drug-likeness (QED) is 0.661. The first-order valence-corrected chi connectivity index (χ1v) is 9.91. The minimum atomic E-state index is 0.129. The van der Waals surface area contributed by atoms with Gasteiger partial charge in [-0.25, -0.2) is 4.98 Å². The summed E-state index contributed by atoms with van der Waals surface area (Å²) < 4.78 is 3.33. The lowest BCUT2D eigenvalue weighted by Crippen LogP contribution is -2.30. The summed E-state index contributed by atoms with van der Waals surface area (Å²) in [7, 11) is 2.02. The van der Waals surface area contributed by atoms with E-state index in [-0.39, 0.29) is 5.78 Å². The number of ketones is 1. The Morgan fingerprint density at radius 3 is 2.81 bits per heavy atom. The number of carbonyl (C=O) groups excluding carboxylic acids is 1. The molecule has 0 atom stereocenters. The number of aryl methyl sites for hydroxylation is 1. The second-order valence-corrected chi connectivity index (χ2v) is 7.98. The molecule has 5 nitrogen and oxygen atoms in total. The molecule has 0 aliphatic carbocycles. The summed E-state index contributed by atoms with van der Waals surface area (Å²) in [6, 6.07) is 10.4. The standard InChI is InChI=1S/C20H24N4OS/c1-15(25)16-12-17(22(2)13-16)14-23-8-5-9-24(11-10-23)20-21-18-6-3-4-7-19(18)26-20/h3-4,6-7,12-13H,5,8-11,14H2,1-2H3. The molecular weight excluding hydrogens is 344 g/mol. The lowest BCUT2D eigenvalue weighted by Gasteiger charge is -2.21. The molecule has 2 aromatic heterocycles. The van der Waals surface area contributed by atoms with Gasteiger partial charge in [-0.3, -0.25) is 9.69 Å². The van der Waals surface area contributed by atoms with E-state index in [1.54, 1.807) is 18.3 Å². The van der Waals surface area contributed by atoms with Crippen LogP contribution in [0.5, 0.6) is 0 Å². The van der Waals surface area contributed by atoms with Crippen LogP contribution in [-0.2, 0) is 13.6 Å². The fourth-order valence-electron chi connectivity index (χ4n) is 3.50. The second-order valence-electron chi connectivity index (χ2n) is 6.97. The van der Waals surface area contributed by atoms with E-state index in [9.17, 15) is 4.79 Å². The highest BCUT2D eigenvalue weighted by Gasteiger charge is 2.19. The highest BCUT2D eigenvalue weighted by atomic mass is 32.1. The predicted octanol–water partition coefficient (Wildman–Crippen LogP) is 3.55. The molecule has 0 bridgehead atoms. The molecule has 3 heterocycles. The van der Waals surface area contributed by atoms with Gasteiger partial charge >= 0.3 is 0 Å². The van der Waals surface area contributed by atoms with E-state index >= 15 is 0 Å². The Labute approximate surface area is 157 Å². The molecule has 1 aromatic carbocycles. The smallest absolute Gasteiger partial charge is 0.186 e. The number of hydrogen-bond donors (Lipinski definition) is 0. The molecule has 0 saturated carbocycles. The van der Waals surface area contributed by atoms with Gasteiger partial charge in [0.05, 0.1) is 10.2 Å². The van der Waals surface area contributed by atoms with Crippen LogP contribution in [0.2, 0.25) is 0 Å². The number of para-hydroxylation sites is 1. The van der Waals surface area contributed by atoms with E-state index in [1.807, 2.05) is 25.4 Å². The summed E-state index contributed by atoms with van der Waals surface area (Å²) in [5.41, 5.74) is 3.09. The Morgan fingerprint density at radius 2 is 2.04 bits per heavy atom. The average Bonchev–Trinajstić information content (AvgIpc) is 3.13. The van der Waals surface area contributed by atoms with Gasteiger partial charge in [0.2, 0.25) is 0 Å². The van der Waals surface area contributed by atoms with Crippen molar-refractivity contribution in [3.63, 3.8) is 0 Å². The Bertz CT molecular complexity index is 896. The lowest BCUT2D eigenvalue weighted by molar-refractivity contribution is 0.101. The number of hydrogen-bond acceptors (Lipinski definition) is 5. The van der Waals surface area contributed by atoms with E-state index < -0.39 is 0 Å². The van der Waals surface area contributed by atoms with Crippen LogP contribution < -0.4 is 4.90 Å². The third kappa shape index (κ3) is 3.52. The fraction of sp³-hybridized carbons (Fsp3) is 0.400. The summed E-state index contributed by atoms with van der Waals surface area (Å²) in [6.07, 6.45) is 3.06. The van der Waals surface area contributed by atoms with Crippen LogP contribution in [-0.4, -0.2) is 46.4 Å². The van der Waals surface area contributed by atoms with Crippen LogP contribution in [0.15, 0.2) is 36.5 Å². The maximum atomic E-state index is 11.6. The first-order valence-electron chi connectivity index (χ1n) is 9.09. The van der Waals surface area contributed by atoms with Crippen molar-refractivity contribution in [1.82, 2.24) is 14.5 Å². The topological polar surface area (TPSA) is 41.4 Å². The third-order valence-electron chi connectivity index (χ3n) is 5.04. The first-order chi connectivity index (χ1) is 12.6. The van der Waals surface area contributed by atoms with Crippen LogP contribution in [0.3, 0.4) is 0 Å². The van der Waals surface area contributed by atoms with Crippen molar-refractivity contribution < 1.29 is 4.79 Å². The number of aromatic nitrogens is 2. The zero-order chi connectivity index (χ0) is 18.1. The molecule has 1 fully saturated rings. The van der Waals surface area contributed by atoms with Crippen LogP contribution in [0.4, 0.5) is 5.13 Å². The minimum Gasteiger partial charge on any atom is -0.353 e. The normalized spacial score (nSPS) is 16.2. The van der Waals surface area contributed by atoms with Crippen LogP contribution in [0.25, 0.3) is 10.2 Å². The Kier molecular flexibility index (Phi) is 4.78. The van der Waals surface area contributed by atoms with E-state index in [0.717, 1.165) is 55.4 Å². The van der Waals surface area contributed by atoms with E-state index in [0.29, 0.717) is 0 Å². The SMILES string of the molecule is CC(=O)c1cc(CN2CCCN(c3nc4ccccc4s3)CC2)n(C)c1. The van der Waals surface area contributed by atoms with Gasteiger partial charge in [-0.05, 0) is 31.5 Å². The molecule has 0 radical (unpaired) electrons. The van der Waals surface area contributed by atoms with E-state index in [4.69, 9.17) is 4.98 Å². The van der Waals surface area contributed by atoms with Gasteiger partial charge in [0, 0.05) is 57.2 Å². The molecule has 1 saturated heterocycles. The number of Topliss-reactive ketones (excluding diaryl/α,β-unsaturated/α-hetero) is 1. The number of anilines is 1. The molecule has 6 heteroatoms. The highest BCUT2D eigenvalue weighted by molar-refractivity contribution is 7.22. The molecule has 0 amide bonds. The molecule has 0 N–H and O–H groups in total. The maximum absolute atomic E-state index is 11.6. The van der Waals surface area contributed by atoms with Crippen LogP contribution in [0.1, 0.15) is 29.4 Å². The predicted molar refractivity (Wildman–Crippen MR) is 107 cm³/mol. The summed E-state index contributed by atoms with van der Waals surface area (Å²) in [5, 5.41) is 1.13. The molecule has 4 rings (SSSR count). The highest BCUT2D eigenvalue weighted by Crippen LogP contribution is 2.29. The Morgan fingerprint density at radius 1 is 1.19 bits per heavy atom. The maximum Gasteiger partial charge on any atom is 0.186 e. The molecule has 0 spiro atoms. The van der Waals surface area contributed by atoms with Gasteiger partial charge < -0.3 is 9.47 Å². The largest absolute Gasteiger partial charge is 0.353 e. The van der Waals surface area contributed by atoms with Gasteiger partial charge in [0.25, 0.3) is 0 Å². The zero-order valence-electron chi connectivity index (χ0n) is 15.3. The summed E-state index contributed by atoms with van der Waals surface area (Å²) in [5.74, 6) is 0.129. The van der Waals surface area contributed by atoms with Crippen molar-refractivity contribution >= 4 is 32.5 Å². The van der Waals surface area contributed by atoms with Crippen molar-refractivity contribution in [2.75, 3.05) is 31.1 Å². The molecule has 1 aliphatic rings. The fourth-order valence-corrected chi connectivity index (χ4v) is 4.52. The Balaban J connectivity index is 1.44. The number of rotatable bonds is 4. The molecule has 26 heavy (non-hydrogen) atoms. The number of fused-ring (bicyclic) bond motifs is 1. The van der Waals surface area contributed by atoms with Gasteiger partial charge in [0.15, 0.2) is 10.9 Å². The number of carbonyl (C=O) groups is 1. The second kappa shape index (κ2) is 7.21. The van der Waals surface area contributed by atoms with Gasteiger partial charge in [-0.2, -0.15) is 0 Å². The lowest BCUT2D eigenvalue weighted by atomic mass is 10.2. The molecule has 0 unspecified atom stereocenters. The van der Waals surface area contributed by atoms with E-state index in [1.165, 1.54) is 10.4 Å². The summed E-state index contributed by atoms with van der Waals surface area (Å²) in [4.78, 5) is 21.3. The van der Waals surface area contributed by atoms with Gasteiger partial charge in [-0.15, -0.1) is 0 Å². The Hall–Kier alpha value is -2.18. The van der Waals surface area contributed by atoms with E-state index in [2.05, 4.69) is 32.6 Å².